The van der Waals surface area contributed by atoms with E-state index in [1.165, 1.54) is 0 Å². The standard InChI is InChI=1S/C5H8N2O.C5H6N2/c8-4-3-7-2-1-6-5-7;1-2-7-4-3-6-5-7/h1-2,5,8H,3-4H2;2-5H,1H2. The normalized spacial score (nSPS) is 9.13. The van der Waals surface area contributed by atoms with Crippen LogP contribution in [0.2, 0.25) is 0 Å². The summed E-state index contributed by atoms with van der Waals surface area (Å²) in [5.74, 6) is 0. The molecule has 80 valence electrons. The number of hydrogen-bond acceptors (Lipinski definition) is 3. The van der Waals surface area contributed by atoms with E-state index in [4.69, 9.17) is 5.11 Å². The van der Waals surface area contributed by atoms with E-state index in [0.29, 0.717) is 6.54 Å². The molecule has 1 N–H and O–H groups in total. The minimum Gasteiger partial charge on any atom is -0.395 e. The Balaban J connectivity index is 0.000000151. The Morgan fingerprint density at radius 2 is 1.93 bits per heavy atom. The van der Waals surface area contributed by atoms with Crippen molar-refractivity contribution >= 4 is 6.20 Å². The molecule has 0 radical (unpaired) electrons. The van der Waals surface area contributed by atoms with E-state index in [1.54, 1.807) is 35.8 Å². The SMILES string of the molecule is C=Cn1ccnc1.OCCn1ccnc1. The fourth-order valence-electron chi connectivity index (χ4n) is 0.912. The number of hydrogen-bond donors (Lipinski definition) is 1. The largest absolute Gasteiger partial charge is 0.395 e. The van der Waals surface area contributed by atoms with Gasteiger partial charge >= 0.3 is 0 Å². The summed E-state index contributed by atoms with van der Waals surface area (Å²) in [5, 5.41) is 8.39. The Morgan fingerprint density at radius 3 is 2.33 bits per heavy atom. The second-order valence-corrected chi connectivity index (χ2v) is 2.72. The van der Waals surface area contributed by atoms with Crippen LogP contribution in [0.3, 0.4) is 0 Å². The lowest BCUT2D eigenvalue weighted by Gasteiger charge is -1.92. The quantitative estimate of drug-likeness (QED) is 0.810. The molecular formula is C10H14N4O. The number of nitrogens with zero attached hydrogens (tertiary/aromatic N) is 4. The van der Waals surface area contributed by atoms with E-state index >= 15 is 0 Å². The molecule has 15 heavy (non-hydrogen) atoms. The third-order valence-electron chi connectivity index (χ3n) is 1.65. The van der Waals surface area contributed by atoms with E-state index in [-0.39, 0.29) is 6.61 Å². The molecule has 2 aromatic heterocycles. The van der Waals surface area contributed by atoms with Gasteiger partial charge in [-0.3, -0.25) is 0 Å². The maximum Gasteiger partial charge on any atom is 0.0986 e. The van der Waals surface area contributed by atoms with Crippen LogP contribution in [0.5, 0.6) is 0 Å². The van der Waals surface area contributed by atoms with E-state index in [9.17, 15) is 0 Å². The van der Waals surface area contributed by atoms with Crippen molar-refractivity contribution in [3.8, 4) is 0 Å². The van der Waals surface area contributed by atoms with Crippen molar-refractivity contribution in [2.75, 3.05) is 6.61 Å². The lowest BCUT2D eigenvalue weighted by atomic mass is 10.7. The van der Waals surface area contributed by atoms with Crippen LogP contribution in [0.15, 0.2) is 44.0 Å². The summed E-state index contributed by atoms with van der Waals surface area (Å²) in [4.78, 5) is 7.58. The fourth-order valence-corrected chi connectivity index (χ4v) is 0.912. The van der Waals surface area contributed by atoms with Crippen LogP contribution in [-0.2, 0) is 6.54 Å². The van der Waals surface area contributed by atoms with Crippen molar-refractivity contribution in [1.29, 1.82) is 0 Å². The third kappa shape index (κ3) is 4.24. The Kier molecular flexibility index (Phi) is 4.89. The first-order valence-electron chi connectivity index (χ1n) is 4.53. The summed E-state index contributed by atoms with van der Waals surface area (Å²) in [6, 6.07) is 0. The van der Waals surface area contributed by atoms with Crippen molar-refractivity contribution < 1.29 is 5.11 Å². The molecule has 5 nitrogen and oxygen atoms in total. The minimum absolute atomic E-state index is 0.177. The molecule has 0 fully saturated rings. The number of aliphatic hydroxyl groups is 1. The zero-order valence-electron chi connectivity index (χ0n) is 8.40. The van der Waals surface area contributed by atoms with Crippen molar-refractivity contribution in [2.24, 2.45) is 0 Å². The van der Waals surface area contributed by atoms with Gasteiger partial charge in [-0.2, -0.15) is 0 Å². The highest BCUT2D eigenvalue weighted by Gasteiger charge is 1.82. The Bertz CT molecular complexity index is 353. The average molecular weight is 206 g/mol. The highest BCUT2D eigenvalue weighted by Crippen LogP contribution is 1.82. The summed E-state index contributed by atoms with van der Waals surface area (Å²) in [6.45, 7) is 4.34. The van der Waals surface area contributed by atoms with Gasteiger partial charge in [-0.05, 0) is 0 Å². The van der Waals surface area contributed by atoms with Gasteiger partial charge in [0, 0.05) is 37.5 Å². The van der Waals surface area contributed by atoms with Gasteiger partial charge < -0.3 is 14.2 Å². The zero-order valence-corrected chi connectivity index (χ0v) is 8.40. The van der Waals surface area contributed by atoms with Gasteiger partial charge in [0.05, 0.1) is 19.3 Å². The molecule has 2 aromatic rings. The van der Waals surface area contributed by atoms with Crippen LogP contribution in [-0.4, -0.2) is 30.8 Å². The monoisotopic (exact) mass is 206 g/mol. The van der Waals surface area contributed by atoms with Crippen LogP contribution in [0.4, 0.5) is 0 Å². The molecule has 2 rings (SSSR count). The van der Waals surface area contributed by atoms with Crippen LogP contribution < -0.4 is 0 Å². The predicted molar refractivity (Wildman–Crippen MR) is 57.9 cm³/mol. The van der Waals surface area contributed by atoms with E-state index < -0.39 is 0 Å². The van der Waals surface area contributed by atoms with Gasteiger partial charge in [0.15, 0.2) is 0 Å². The Morgan fingerprint density at radius 1 is 1.20 bits per heavy atom. The van der Waals surface area contributed by atoms with Gasteiger partial charge in [-0.1, -0.05) is 6.58 Å². The fraction of sp³-hybridized carbons (Fsp3) is 0.200. The minimum atomic E-state index is 0.177. The summed E-state index contributed by atoms with van der Waals surface area (Å²) in [6.07, 6.45) is 12.1. The first-order valence-corrected chi connectivity index (χ1v) is 4.53. The molecule has 0 atom stereocenters. The van der Waals surface area contributed by atoms with E-state index in [1.807, 2.05) is 17.0 Å². The predicted octanol–water partition coefficient (Wildman–Crippen LogP) is 0.859. The molecule has 0 aliphatic carbocycles. The van der Waals surface area contributed by atoms with Gasteiger partial charge in [0.1, 0.15) is 0 Å². The molecule has 5 heteroatoms. The third-order valence-corrected chi connectivity index (χ3v) is 1.65. The molecule has 0 spiro atoms. The summed E-state index contributed by atoms with van der Waals surface area (Å²) < 4.78 is 3.60. The topological polar surface area (TPSA) is 55.9 Å². The van der Waals surface area contributed by atoms with E-state index in [0.717, 1.165) is 0 Å². The van der Waals surface area contributed by atoms with Crippen LogP contribution in [0.1, 0.15) is 0 Å². The summed E-state index contributed by atoms with van der Waals surface area (Å²) in [7, 11) is 0. The molecule has 0 amide bonds. The summed E-state index contributed by atoms with van der Waals surface area (Å²) in [5.41, 5.74) is 0. The Hall–Kier alpha value is -1.88. The number of imidazole rings is 2. The highest BCUT2D eigenvalue weighted by molar-refractivity contribution is 5.14. The van der Waals surface area contributed by atoms with Gasteiger partial charge in [0.25, 0.3) is 0 Å². The van der Waals surface area contributed by atoms with Crippen LogP contribution in [0, 0.1) is 0 Å². The first kappa shape index (κ1) is 11.2. The molecule has 0 aliphatic rings. The van der Waals surface area contributed by atoms with Crippen LogP contribution in [0.25, 0.3) is 6.20 Å². The lowest BCUT2D eigenvalue weighted by Crippen LogP contribution is -1.97. The molecule has 0 saturated heterocycles. The van der Waals surface area contributed by atoms with Crippen molar-refractivity contribution in [3.05, 3.63) is 44.0 Å². The smallest absolute Gasteiger partial charge is 0.0986 e. The number of aromatic nitrogens is 4. The second-order valence-electron chi connectivity index (χ2n) is 2.72. The molecule has 2 heterocycles. The second kappa shape index (κ2) is 6.56. The van der Waals surface area contributed by atoms with Gasteiger partial charge in [0.2, 0.25) is 0 Å². The maximum absolute atomic E-state index is 8.39. The molecule has 0 aliphatic heterocycles. The first-order chi connectivity index (χ1) is 7.36. The van der Waals surface area contributed by atoms with E-state index in [2.05, 4.69) is 16.5 Å². The molecular weight excluding hydrogens is 192 g/mol. The van der Waals surface area contributed by atoms with Gasteiger partial charge in [-0.25, -0.2) is 9.97 Å². The zero-order chi connectivity index (χ0) is 10.9. The number of aliphatic hydroxyl groups excluding tert-OH is 1. The summed E-state index contributed by atoms with van der Waals surface area (Å²) >= 11 is 0. The van der Waals surface area contributed by atoms with Crippen molar-refractivity contribution in [2.45, 2.75) is 6.54 Å². The number of rotatable bonds is 3. The highest BCUT2D eigenvalue weighted by atomic mass is 16.3. The van der Waals surface area contributed by atoms with Crippen molar-refractivity contribution in [3.63, 3.8) is 0 Å². The molecule has 0 unspecified atom stereocenters. The van der Waals surface area contributed by atoms with Crippen molar-refractivity contribution in [1.82, 2.24) is 19.1 Å². The lowest BCUT2D eigenvalue weighted by molar-refractivity contribution is 0.276. The Labute approximate surface area is 88.3 Å². The van der Waals surface area contributed by atoms with Gasteiger partial charge in [-0.15, -0.1) is 0 Å². The maximum atomic E-state index is 8.39. The van der Waals surface area contributed by atoms with Crippen LogP contribution >= 0.6 is 0 Å². The molecule has 0 aromatic carbocycles. The average Bonchev–Trinajstić information content (AvgIpc) is 2.91. The molecule has 0 bridgehead atoms. The molecule has 0 saturated carbocycles.